The molecule has 2 atom stereocenters. The minimum Gasteiger partial charge on any atom is -0.509 e. The number of carboxylic acids is 1. The van der Waals surface area contributed by atoms with Gasteiger partial charge in [0.25, 0.3) is 0 Å². The van der Waals surface area contributed by atoms with Gasteiger partial charge in [0.2, 0.25) is 0 Å². The van der Waals surface area contributed by atoms with Gasteiger partial charge in [0, 0.05) is 6.08 Å². The lowest BCUT2D eigenvalue weighted by atomic mass is 9.72. The molecule has 0 bridgehead atoms. The summed E-state index contributed by atoms with van der Waals surface area (Å²) in [6.45, 7) is 2.20. The van der Waals surface area contributed by atoms with Crippen molar-refractivity contribution >= 4 is 17.5 Å². The summed E-state index contributed by atoms with van der Waals surface area (Å²) in [5.74, 6) is -4.54. The van der Waals surface area contributed by atoms with Gasteiger partial charge in [-0.2, -0.15) is 0 Å². The second-order valence-corrected chi connectivity index (χ2v) is 4.26. The Balaban J connectivity index is 3.37. The average Bonchev–Trinajstić information content (AvgIpc) is 2.29. The summed E-state index contributed by atoms with van der Waals surface area (Å²) in [4.78, 5) is 33.7. The summed E-state index contributed by atoms with van der Waals surface area (Å²) in [6.07, 6.45) is 4.27. The van der Waals surface area contributed by atoms with E-state index in [2.05, 4.69) is 0 Å². The Labute approximate surface area is 109 Å². The molecule has 1 aliphatic carbocycles. The van der Waals surface area contributed by atoms with E-state index in [-0.39, 0.29) is 5.57 Å². The minimum atomic E-state index is -2.35. The Kier molecular flexibility index (Phi) is 4.06. The van der Waals surface area contributed by atoms with Crippen molar-refractivity contribution in [3.63, 3.8) is 0 Å². The lowest BCUT2D eigenvalue weighted by Gasteiger charge is -2.34. The van der Waals surface area contributed by atoms with E-state index < -0.39 is 34.8 Å². The molecule has 0 aliphatic heterocycles. The molecule has 102 valence electrons. The van der Waals surface area contributed by atoms with Crippen LogP contribution in [0, 0.1) is 5.92 Å². The van der Waals surface area contributed by atoms with Crippen molar-refractivity contribution in [3.8, 4) is 0 Å². The number of carboxylic acid groups (broad SMARTS) is 1. The fraction of sp³-hybridized carbons (Fsp3) is 0.308. The predicted octanol–water partition coefficient (Wildman–Crippen LogP) is 0.534. The first-order valence-corrected chi connectivity index (χ1v) is 5.47. The second-order valence-electron chi connectivity index (χ2n) is 4.26. The summed E-state index contributed by atoms with van der Waals surface area (Å²) in [5.41, 5.74) is -2.20. The molecule has 0 aromatic rings. The molecular formula is C13H14O6. The van der Waals surface area contributed by atoms with Crippen molar-refractivity contribution in [2.24, 2.45) is 5.92 Å². The number of aliphatic carboxylic acids is 1. The normalized spacial score (nSPS) is 26.8. The number of carbonyl (C=O) groups excluding carboxylic acids is 2. The fourth-order valence-electron chi connectivity index (χ4n) is 2.02. The Bertz CT molecular complexity index is 525. The predicted molar refractivity (Wildman–Crippen MR) is 65.4 cm³/mol. The van der Waals surface area contributed by atoms with Crippen LogP contribution in [0.4, 0.5) is 0 Å². The first-order chi connectivity index (χ1) is 8.71. The van der Waals surface area contributed by atoms with E-state index in [0.717, 1.165) is 32.1 Å². The number of carbonyl (C=O) groups is 3. The zero-order chi connectivity index (χ0) is 14.8. The van der Waals surface area contributed by atoms with Crippen LogP contribution in [-0.2, 0) is 14.4 Å². The number of allylic oxidation sites excluding steroid dienone is 3. The van der Waals surface area contributed by atoms with Crippen LogP contribution < -0.4 is 0 Å². The van der Waals surface area contributed by atoms with Crippen molar-refractivity contribution in [2.75, 3.05) is 0 Å². The molecule has 0 spiro atoms. The van der Waals surface area contributed by atoms with Gasteiger partial charge in [-0.15, -0.1) is 0 Å². The van der Waals surface area contributed by atoms with Gasteiger partial charge in [0.05, 0.1) is 5.92 Å². The molecule has 0 fully saturated rings. The van der Waals surface area contributed by atoms with Gasteiger partial charge in [-0.05, 0) is 25.5 Å². The van der Waals surface area contributed by atoms with Crippen LogP contribution in [0.3, 0.4) is 0 Å². The van der Waals surface area contributed by atoms with Crippen molar-refractivity contribution in [1.82, 2.24) is 0 Å². The van der Waals surface area contributed by atoms with Gasteiger partial charge in [-0.25, -0.2) is 4.79 Å². The third-order valence-corrected chi connectivity index (χ3v) is 2.94. The number of Topliss-reactive ketones (excluding diaryl/α,β-unsaturated/α-hetero) is 2. The molecule has 6 heteroatoms. The first kappa shape index (κ1) is 14.8. The van der Waals surface area contributed by atoms with Crippen LogP contribution in [0.5, 0.6) is 0 Å². The topological polar surface area (TPSA) is 112 Å². The summed E-state index contributed by atoms with van der Waals surface area (Å²) in [5, 5.41) is 28.5. The standard InChI is InChI=1S/C13H14O6/c1-7(14)12-9(4-6-11(17)18)3-5-10(16)13(12,19)8(2)15/h3-6,12,16,19H,1-2H3,(H,17,18)/b6-4+. The number of rotatable bonds is 4. The third kappa shape index (κ3) is 2.63. The maximum absolute atomic E-state index is 11.6. The summed E-state index contributed by atoms with van der Waals surface area (Å²) in [7, 11) is 0. The molecule has 1 rings (SSSR count). The largest absolute Gasteiger partial charge is 0.509 e. The number of hydrogen-bond donors (Lipinski definition) is 3. The van der Waals surface area contributed by atoms with Gasteiger partial charge in [-0.3, -0.25) is 9.59 Å². The first-order valence-electron chi connectivity index (χ1n) is 5.47. The summed E-state index contributed by atoms with van der Waals surface area (Å²) < 4.78 is 0. The highest BCUT2D eigenvalue weighted by Gasteiger charge is 2.50. The molecule has 1 aliphatic rings. The van der Waals surface area contributed by atoms with Crippen LogP contribution in [0.15, 0.2) is 35.6 Å². The van der Waals surface area contributed by atoms with Gasteiger partial charge in [-0.1, -0.05) is 12.2 Å². The average molecular weight is 266 g/mol. The third-order valence-electron chi connectivity index (χ3n) is 2.94. The van der Waals surface area contributed by atoms with Crippen molar-refractivity contribution in [2.45, 2.75) is 19.4 Å². The molecule has 19 heavy (non-hydrogen) atoms. The van der Waals surface area contributed by atoms with Crippen molar-refractivity contribution in [3.05, 3.63) is 35.6 Å². The van der Waals surface area contributed by atoms with Gasteiger partial charge in [0.15, 0.2) is 11.4 Å². The maximum atomic E-state index is 11.6. The van der Waals surface area contributed by atoms with Crippen LogP contribution in [0.2, 0.25) is 0 Å². The van der Waals surface area contributed by atoms with Gasteiger partial charge < -0.3 is 15.3 Å². The highest BCUT2D eigenvalue weighted by molar-refractivity contribution is 5.98. The van der Waals surface area contributed by atoms with Crippen molar-refractivity contribution < 1.29 is 29.7 Å². The number of aliphatic hydroxyl groups is 2. The number of ketones is 2. The molecule has 0 radical (unpaired) electrons. The van der Waals surface area contributed by atoms with Crippen LogP contribution in [0.25, 0.3) is 0 Å². The Hall–Kier alpha value is -2.21. The Morgan fingerprint density at radius 2 is 1.84 bits per heavy atom. The molecule has 0 aromatic heterocycles. The zero-order valence-electron chi connectivity index (χ0n) is 10.5. The smallest absolute Gasteiger partial charge is 0.328 e. The lowest BCUT2D eigenvalue weighted by Crippen LogP contribution is -2.51. The van der Waals surface area contributed by atoms with Crippen LogP contribution >= 0.6 is 0 Å². The summed E-state index contributed by atoms with van der Waals surface area (Å²) in [6, 6.07) is 0. The fourth-order valence-corrected chi connectivity index (χ4v) is 2.02. The molecule has 0 aromatic carbocycles. The van der Waals surface area contributed by atoms with E-state index in [0.29, 0.717) is 0 Å². The molecular weight excluding hydrogens is 252 g/mol. The monoisotopic (exact) mass is 266 g/mol. The minimum absolute atomic E-state index is 0.144. The molecule has 2 unspecified atom stereocenters. The maximum Gasteiger partial charge on any atom is 0.328 e. The van der Waals surface area contributed by atoms with Crippen LogP contribution in [-0.4, -0.2) is 38.5 Å². The molecule has 0 saturated heterocycles. The van der Waals surface area contributed by atoms with Crippen LogP contribution in [0.1, 0.15) is 13.8 Å². The zero-order valence-corrected chi connectivity index (χ0v) is 10.5. The van der Waals surface area contributed by atoms with E-state index in [1.165, 1.54) is 6.08 Å². The van der Waals surface area contributed by atoms with E-state index in [4.69, 9.17) is 5.11 Å². The van der Waals surface area contributed by atoms with Gasteiger partial charge >= 0.3 is 5.97 Å². The molecule has 3 N–H and O–H groups in total. The molecule has 0 amide bonds. The SMILES string of the molecule is CC(=O)C1C(/C=C/C(=O)O)=CC=C(O)C1(O)C(C)=O. The van der Waals surface area contributed by atoms with E-state index in [1.54, 1.807) is 0 Å². The quantitative estimate of drug-likeness (QED) is 0.640. The number of aliphatic hydroxyl groups excluding tert-OH is 1. The lowest BCUT2D eigenvalue weighted by molar-refractivity contribution is -0.145. The summed E-state index contributed by atoms with van der Waals surface area (Å²) >= 11 is 0. The van der Waals surface area contributed by atoms with E-state index >= 15 is 0 Å². The Morgan fingerprint density at radius 3 is 2.26 bits per heavy atom. The van der Waals surface area contributed by atoms with Gasteiger partial charge in [0.1, 0.15) is 11.5 Å². The molecule has 0 saturated carbocycles. The highest BCUT2D eigenvalue weighted by Crippen LogP contribution is 2.36. The van der Waals surface area contributed by atoms with Crippen molar-refractivity contribution in [1.29, 1.82) is 0 Å². The number of hydrogen-bond acceptors (Lipinski definition) is 5. The highest BCUT2D eigenvalue weighted by atomic mass is 16.4. The molecule has 0 heterocycles. The molecule has 6 nitrogen and oxygen atoms in total. The Morgan fingerprint density at radius 1 is 1.26 bits per heavy atom. The van der Waals surface area contributed by atoms with E-state index in [1.807, 2.05) is 0 Å². The van der Waals surface area contributed by atoms with E-state index in [9.17, 15) is 24.6 Å². The second kappa shape index (κ2) is 5.19.